The first-order valence-corrected chi connectivity index (χ1v) is 7.81. The summed E-state index contributed by atoms with van der Waals surface area (Å²) in [5.74, 6) is 2.42. The minimum atomic E-state index is 0.0424. The van der Waals surface area contributed by atoms with Crippen molar-refractivity contribution in [3.8, 4) is 0 Å². The number of nitrogens with zero attached hydrogens (tertiary/aromatic N) is 1. The molecule has 0 radical (unpaired) electrons. The number of thioether (sulfide) groups is 1. The summed E-state index contributed by atoms with van der Waals surface area (Å²) >= 11 is 2.04. The summed E-state index contributed by atoms with van der Waals surface area (Å²) < 4.78 is 11.0. The van der Waals surface area contributed by atoms with E-state index < -0.39 is 0 Å². The monoisotopic (exact) mass is 261 g/mol. The predicted octanol–water partition coefficient (Wildman–Crippen LogP) is 2.26. The summed E-state index contributed by atoms with van der Waals surface area (Å²) in [7, 11) is 0. The SMILES string of the molecule is CCOC(C)(C)CCSCCN1CCOCC1. The Bertz CT molecular complexity index is 194. The zero-order valence-electron chi connectivity index (χ0n) is 11.5. The van der Waals surface area contributed by atoms with Gasteiger partial charge in [-0.25, -0.2) is 0 Å². The third-order valence-corrected chi connectivity index (χ3v) is 4.00. The van der Waals surface area contributed by atoms with Crippen molar-refractivity contribution in [2.24, 2.45) is 0 Å². The molecule has 0 aromatic carbocycles. The molecule has 4 heteroatoms. The molecule has 1 aliphatic rings. The Labute approximate surface area is 110 Å². The van der Waals surface area contributed by atoms with Crippen molar-refractivity contribution in [1.29, 1.82) is 0 Å². The highest BCUT2D eigenvalue weighted by Gasteiger charge is 2.16. The number of rotatable bonds is 8. The minimum absolute atomic E-state index is 0.0424. The van der Waals surface area contributed by atoms with Crippen LogP contribution in [0.2, 0.25) is 0 Å². The standard InChI is InChI=1S/C13H27NO2S/c1-4-16-13(2,3)5-11-17-12-8-14-6-9-15-10-7-14/h4-12H2,1-3H3. The van der Waals surface area contributed by atoms with Crippen LogP contribution in [-0.4, -0.2) is 61.5 Å². The molecule has 3 nitrogen and oxygen atoms in total. The zero-order valence-corrected chi connectivity index (χ0v) is 12.4. The van der Waals surface area contributed by atoms with Crippen LogP contribution in [0.25, 0.3) is 0 Å². The Balaban J connectivity index is 1.96. The van der Waals surface area contributed by atoms with Crippen molar-refractivity contribution in [2.75, 3.05) is 51.0 Å². The second-order valence-electron chi connectivity index (χ2n) is 5.01. The Hall–Kier alpha value is 0.230. The number of hydrogen-bond donors (Lipinski definition) is 0. The quantitative estimate of drug-likeness (QED) is 0.625. The van der Waals surface area contributed by atoms with E-state index in [0.29, 0.717) is 0 Å². The van der Waals surface area contributed by atoms with Crippen LogP contribution < -0.4 is 0 Å². The number of morpholine rings is 1. The van der Waals surface area contributed by atoms with Crippen LogP contribution in [0, 0.1) is 0 Å². The average Bonchev–Trinajstić information content (AvgIpc) is 2.30. The van der Waals surface area contributed by atoms with Crippen molar-refractivity contribution in [3.05, 3.63) is 0 Å². The molecule has 0 bridgehead atoms. The summed E-state index contributed by atoms with van der Waals surface area (Å²) in [5, 5.41) is 0. The van der Waals surface area contributed by atoms with Crippen LogP contribution in [0.5, 0.6) is 0 Å². The van der Waals surface area contributed by atoms with Gasteiger partial charge in [0.1, 0.15) is 0 Å². The fourth-order valence-corrected chi connectivity index (χ4v) is 3.13. The van der Waals surface area contributed by atoms with Crippen molar-refractivity contribution in [2.45, 2.75) is 32.8 Å². The van der Waals surface area contributed by atoms with E-state index in [1.54, 1.807) is 0 Å². The van der Waals surface area contributed by atoms with Crippen LogP contribution in [0.1, 0.15) is 27.2 Å². The first kappa shape index (κ1) is 15.3. The molecule has 1 heterocycles. The molecule has 0 saturated carbocycles. The van der Waals surface area contributed by atoms with E-state index >= 15 is 0 Å². The Morgan fingerprint density at radius 1 is 1.24 bits per heavy atom. The highest BCUT2D eigenvalue weighted by molar-refractivity contribution is 7.99. The molecule has 1 fully saturated rings. The summed E-state index contributed by atoms with van der Waals surface area (Å²) in [4.78, 5) is 2.49. The van der Waals surface area contributed by atoms with Gasteiger partial charge in [0.15, 0.2) is 0 Å². The molecule has 0 amide bonds. The van der Waals surface area contributed by atoms with Crippen LogP contribution in [-0.2, 0) is 9.47 Å². The second-order valence-corrected chi connectivity index (χ2v) is 6.23. The van der Waals surface area contributed by atoms with E-state index in [4.69, 9.17) is 9.47 Å². The van der Waals surface area contributed by atoms with Gasteiger partial charge in [-0.1, -0.05) is 0 Å². The fraction of sp³-hybridized carbons (Fsp3) is 1.00. The Morgan fingerprint density at radius 3 is 2.59 bits per heavy atom. The normalized spacial score (nSPS) is 18.5. The lowest BCUT2D eigenvalue weighted by atomic mass is 10.1. The van der Waals surface area contributed by atoms with E-state index in [2.05, 4.69) is 25.7 Å². The van der Waals surface area contributed by atoms with E-state index in [-0.39, 0.29) is 5.60 Å². The van der Waals surface area contributed by atoms with E-state index in [1.807, 2.05) is 11.8 Å². The second kappa shape index (κ2) is 8.35. The summed E-state index contributed by atoms with van der Waals surface area (Å²) in [5.41, 5.74) is 0.0424. The average molecular weight is 261 g/mol. The maximum atomic E-state index is 5.69. The highest BCUT2D eigenvalue weighted by Crippen LogP contribution is 2.17. The minimum Gasteiger partial charge on any atom is -0.379 e. The van der Waals surface area contributed by atoms with Gasteiger partial charge in [0, 0.05) is 32.0 Å². The van der Waals surface area contributed by atoms with Gasteiger partial charge in [-0.3, -0.25) is 4.90 Å². The van der Waals surface area contributed by atoms with Gasteiger partial charge in [-0.15, -0.1) is 0 Å². The van der Waals surface area contributed by atoms with Crippen molar-refractivity contribution >= 4 is 11.8 Å². The molecule has 0 aromatic heterocycles. The lowest BCUT2D eigenvalue weighted by Gasteiger charge is -2.27. The largest absolute Gasteiger partial charge is 0.379 e. The topological polar surface area (TPSA) is 21.7 Å². The zero-order chi connectivity index (χ0) is 12.6. The maximum Gasteiger partial charge on any atom is 0.0634 e. The molecule has 0 spiro atoms. The van der Waals surface area contributed by atoms with Gasteiger partial charge in [0.25, 0.3) is 0 Å². The molecule has 102 valence electrons. The summed E-state index contributed by atoms with van der Waals surface area (Å²) in [6.45, 7) is 12.4. The van der Waals surface area contributed by atoms with Gasteiger partial charge in [-0.2, -0.15) is 11.8 Å². The van der Waals surface area contributed by atoms with E-state index in [1.165, 1.54) is 18.1 Å². The molecule has 0 N–H and O–H groups in total. The molecule has 17 heavy (non-hydrogen) atoms. The van der Waals surface area contributed by atoms with Crippen molar-refractivity contribution in [1.82, 2.24) is 4.90 Å². The molecular formula is C13H27NO2S. The molecule has 0 atom stereocenters. The molecule has 0 aromatic rings. The molecule has 1 saturated heterocycles. The highest BCUT2D eigenvalue weighted by atomic mass is 32.2. The molecule has 1 rings (SSSR count). The third kappa shape index (κ3) is 7.29. The van der Waals surface area contributed by atoms with Gasteiger partial charge in [0.2, 0.25) is 0 Å². The van der Waals surface area contributed by atoms with Gasteiger partial charge >= 0.3 is 0 Å². The maximum absolute atomic E-state index is 5.69. The fourth-order valence-electron chi connectivity index (χ4n) is 1.90. The first-order chi connectivity index (χ1) is 8.14. The van der Waals surface area contributed by atoms with Gasteiger partial charge < -0.3 is 9.47 Å². The predicted molar refractivity (Wildman–Crippen MR) is 74.9 cm³/mol. The summed E-state index contributed by atoms with van der Waals surface area (Å²) in [6.07, 6.45) is 1.13. The lowest BCUT2D eigenvalue weighted by Crippen LogP contribution is -2.37. The smallest absolute Gasteiger partial charge is 0.0634 e. The molecule has 0 unspecified atom stereocenters. The Morgan fingerprint density at radius 2 is 1.94 bits per heavy atom. The summed E-state index contributed by atoms with van der Waals surface area (Å²) in [6, 6.07) is 0. The Kier molecular flexibility index (Phi) is 7.51. The molecule has 0 aliphatic carbocycles. The first-order valence-electron chi connectivity index (χ1n) is 6.66. The van der Waals surface area contributed by atoms with Gasteiger partial charge in [-0.05, 0) is 32.9 Å². The molecule has 1 aliphatic heterocycles. The van der Waals surface area contributed by atoms with E-state index in [9.17, 15) is 0 Å². The number of ether oxygens (including phenoxy) is 2. The van der Waals surface area contributed by atoms with Crippen molar-refractivity contribution < 1.29 is 9.47 Å². The van der Waals surface area contributed by atoms with Crippen LogP contribution in [0.15, 0.2) is 0 Å². The van der Waals surface area contributed by atoms with Crippen LogP contribution in [0.4, 0.5) is 0 Å². The number of hydrogen-bond acceptors (Lipinski definition) is 4. The third-order valence-electron chi connectivity index (χ3n) is 3.04. The van der Waals surface area contributed by atoms with Crippen LogP contribution >= 0.6 is 11.8 Å². The van der Waals surface area contributed by atoms with Crippen molar-refractivity contribution in [3.63, 3.8) is 0 Å². The van der Waals surface area contributed by atoms with Gasteiger partial charge in [0.05, 0.1) is 18.8 Å². The lowest BCUT2D eigenvalue weighted by molar-refractivity contribution is -0.0116. The van der Waals surface area contributed by atoms with Crippen LogP contribution in [0.3, 0.4) is 0 Å². The van der Waals surface area contributed by atoms with E-state index in [0.717, 1.165) is 39.3 Å². The molecular weight excluding hydrogens is 234 g/mol.